The van der Waals surface area contributed by atoms with Crippen molar-refractivity contribution >= 4 is 33.3 Å². The summed E-state index contributed by atoms with van der Waals surface area (Å²) in [6.45, 7) is 0. The summed E-state index contributed by atoms with van der Waals surface area (Å²) < 4.78 is 0. The lowest BCUT2D eigenvalue weighted by molar-refractivity contribution is 0.867. The van der Waals surface area contributed by atoms with E-state index in [0.29, 0.717) is 0 Å². The van der Waals surface area contributed by atoms with Crippen LogP contribution in [0.15, 0.2) is 11.5 Å². The molecule has 3 heteroatoms. The molecule has 0 aromatic heterocycles. The van der Waals surface area contributed by atoms with Gasteiger partial charge in [-0.2, -0.15) is 11.8 Å². The Kier molecular flexibility index (Phi) is 4.02. The molecule has 0 N–H and O–H groups in total. The second-order valence-electron chi connectivity index (χ2n) is 1.92. The van der Waals surface area contributed by atoms with Gasteiger partial charge in [0.15, 0.2) is 0 Å². The van der Waals surface area contributed by atoms with Crippen molar-refractivity contribution in [1.82, 2.24) is 0 Å². The topological polar surface area (TPSA) is 0 Å². The maximum Gasteiger partial charge on any atom is 0.0111 e. The molecule has 0 saturated carbocycles. The monoisotopic (exact) mass is 178 g/mol. The molecule has 0 saturated heterocycles. The van der Waals surface area contributed by atoms with Gasteiger partial charge in [-0.3, -0.25) is 0 Å². The van der Waals surface area contributed by atoms with E-state index in [1.165, 1.54) is 11.5 Å². The average molecular weight is 178 g/mol. The number of allylic oxidation sites excluding steroid dienone is 1. The maximum atomic E-state index is 2.32. The second-order valence-corrected chi connectivity index (χ2v) is 5.15. The lowest BCUT2D eigenvalue weighted by Crippen LogP contribution is -2.03. The van der Waals surface area contributed by atoms with Gasteiger partial charge in [0.2, 0.25) is 0 Å². The Hall–Kier alpha value is 0.790. The molecule has 1 rings (SSSR count). The highest BCUT2D eigenvalue weighted by molar-refractivity contribution is 8.77. The van der Waals surface area contributed by atoms with E-state index < -0.39 is 0 Å². The van der Waals surface area contributed by atoms with Gasteiger partial charge in [0.25, 0.3) is 0 Å². The first-order chi connectivity index (χ1) is 4.43. The molecule has 0 nitrogen and oxygen atoms in total. The van der Waals surface area contributed by atoms with Crippen LogP contribution in [-0.4, -0.2) is 17.8 Å². The summed E-state index contributed by atoms with van der Waals surface area (Å²) >= 11 is 1.93. The van der Waals surface area contributed by atoms with Crippen molar-refractivity contribution in [3.05, 3.63) is 11.5 Å². The standard InChI is InChI=1S/C6H10S3/c1-7-4-6-2-3-8-9-5-6/h2-3,6H,4-5H2,1H3. The Labute approximate surface area is 68.6 Å². The van der Waals surface area contributed by atoms with E-state index >= 15 is 0 Å². The summed E-state index contributed by atoms with van der Waals surface area (Å²) in [5, 5.41) is 2.20. The van der Waals surface area contributed by atoms with Gasteiger partial charge >= 0.3 is 0 Å². The average Bonchev–Trinajstić information content (AvgIpc) is 1.91. The molecular formula is C6H10S3. The molecule has 0 bridgehead atoms. The molecule has 1 heterocycles. The van der Waals surface area contributed by atoms with Gasteiger partial charge in [0.1, 0.15) is 0 Å². The van der Waals surface area contributed by atoms with E-state index in [2.05, 4.69) is 17.7 Å². The van der Waals surface area contributed by atoms with Crippen molar-refractivity contribution in [3.63, 3.8) is 0 Å². The van der Waals surface area contributed by atoms with Crippen LogP contribution in [0.3, 0.4) is 0 Å². The van der Waals surface area contributed by atoms with Crippen molar-refractivity contribution in [3.8, 4) is 0 Å². The Morgan fingerprint density at radius 1 is 1.78 bits per heavy atom. The zero-order valence-electron chi connectivity index (χ0n) is 5.37. The highest BCUT2D eigenvalue weighted by atomic mass is 33.1. The summed E-state index contributed by atoms with van der Waals surface area (Å²) in [5.74, 6) is 3.40. The number of hydrogen-bond donors (Lipinski definition) is 0. The predicted molar refractivity (Wildman–Crippen MR) is 51.1 cm³/mol. The molecular weight excluding hydrogens is 168 g/mol. The van der Waals surface area contributed by atoms with Crippen LogP contribution in [-0.2, 0) is 0 Å². The molecule has 1 unspecified atom stereocenters. The first kappa shape index (κ1) is 7.89. The van der Waals surface area contributed by atoms with E-state index in [9.17, 15) is 0 Å². The predicted octanol–water partition coefficient (Wildman–Crippen LogP) is 2.87. The molecule has 0 amide bonds. The second kappa shape index (κ2) is 4.58. The molecule has 1 atom stereocenters. The fourth-order valence-electron chi connectivity index (χ4n) is 0.682. The minimum absolute atomic E-state index is 0.825. The van der Waals surface area contributed by atoms with E-state index in [1.807, 2.05) is 33.3 Å². The Morgan fingerprint density at radius 3 is 3.22 bits per heavy atom. The molecule has 0 aromatic carbocycles. The molecule has 52 valence electrons. The largest absolute Gasteiger partial charge is 0.165 e. The summed E-state index contributed by atoms with van der Waals surface area (Å²) in [7, 11) is 3.81. The van der Waals surface area contributed by atoms with E-state index in [1.54, 1.807) is 0 Å². The van der Waals surface area contributed by atoms with Crippen LogP contribution in [0.1, 0.15) is 0 Å². The normalized spacial score (nSPS) is 26.6. The number of hydrogen-bond acceptors (Lipinski definition) is 3. The summed E-state index contributed by atoms with van der Waals surface area (Å²) in [4.78, 5) is 0. The lowest BCUT2D eigenvalue weighted by atomic mass is 10.2. The first-order valence-electron chi connectivity index (χ1n) is 2.87. The van der Waals surface area contributed by atoms with Crippen molar-refractivity contribution in [2.45, 2.75) is 0 Å². The van der Waals surface area contributed by atoms with Crippen LogP contribution in [0.4, 0.5) is 0 Å². The van der Waals surface area contributed by atoms with Gasteiger partial charge in [-0.15, -0.1) is 0 Å². The smallest absolute Gasteiger partial charge is 0.0111 e. The Bertz CT molecular complexity index is 100. The van der Waals surface area contributed by atoms with E-state index in [-0.39, 0.29) is 0 Å². The summed E-state index contributed by atoms with van der Waals surface area (Å²) in [6.07, 6.45) is 4.48. The van der Waals surface area contributed by atoms with Gasteiger partial charge in [-0.05, 0) is 17.6 Å². The van der Waals surface area contributed by atoms with E-state index in [4.69, 9.17) is 0 Å². The van der Waals surface area contributed by atoms with Gasteiger partial charge in [0, 0.05) is 11.5 Å². The maximum absolute atomic E-state index is 2.32. The third-order valence-electron chi connectivity index (χ3n) is 1.14. The van der Waals surface area contributed by atoms with E-state index in [0.717, 1.165) is 5.92 Å². The van der Waals surface area contributed by atoms with Crippen LogP contribution >= 0.6 is 33.3 Å². The number of rotatable bonds is 2. The Morgan fingerprint density at radius 2 is 2.67 bits per heavy atom. The van der Waals surface area contributed by atoms with Crippen LogP contribution in [0.25, 0.3) is 0 Å². The molecule has 1 aliphatic rings. The summed E-state index contributed by atoms with van der Waals surface area (Å²) in [5.41, 5.74) is 0. The minimum Gasteiger partial charge on any atom is -0.165 e. The van der Waals surface area contributed by atoms with Crippen LogP contribution in [0, 0.1) is 5.92 Å². The molecule has 0 aliphatic carbocycles. The summed E-state index contributed by atoms with van der Waals surface area (Å²) in [6, 6.07) is 0. The molecule has 0 radical (unpaired) electrons. The third-order valence-corrected chi connectivity index (χ3v) is 4.02. The molecule has 0 aromatic rings. The minimum atomic E-state index is 0.825. The highest BCUT2D eigenvalue weighted by Gasteiger charge is 2.06. The fourth-order valence-corrected chi connectivity index (χ4v) is 3.52. The number of thioether (sulfide) groups is 1. The van der Waals surface area contributed by atoms with Gasteiger partial charge in [0.05, 0.1) is 0 Å². The van der Waals surface area contributed by atoms with Crippen LogP contribution in [0.2, 0.25) is 0 Å². The van der Waals surface area contributed by atoms with Gasteiger partial charge in [-0.1, -0.05) is 27.7 Å². The third kappa shape index (κ3) is 2.92. The molecule has 0 spiro atoms. The molecule has 9 heavy (non-hydrogen) atoms. The zero-order chi connectivity index (χ0) is 6.53. The van der Waals surface area contributed by atoms with Crippen LogP contribution in [0.5, 0.6) is 0 Å². The molecule has 0 fully saturated rings. The van der Waals surface area contributed by atoms with Gasteiger partial charge < -0.3 is 0 Å². The highest BCUT2D eigenvalue weighted by Crippen LogP contribution is 2.31. The quantitative estimate of drug-likeness (QED) is 0.597. The van der Waals surface area contributed by atoms with Crippen molar-refractivity contribution in [1.29, 1.82) is 0 Å². The molecule has 1 aliphatic heterocycles. The fraction of sp³-hybridized carbons (Fsp3) is 0.667. The van der Waals surface area contributed by atoms with Crippen molar-refractivity contribution in [2.75, 3.05) is 17.8 Å². The SMILES string of the molecule is CSCC1C=CSSC1. The lowest BCUT2D eigenvalue weighted by Gasteiger charge is -2.12. The van der Waals surface area contributed by atoms with Crippen LogP contribution < -0.4 is 0 Å². The van der Waals surface area contributed by atoms with Crippen molar-refractivity contribution in [2.24, 2.45) is 5.92 Å². The van der Waals surface area contributed by atoms with Gasteiger partial charge in [-0.25, -0.2) is 0 Å². The first-order valence-corrected chi connectivity index (χ1v) is 6.65. The zero-order valence-corrected chi connectivity index (χ0v) is 7.82. The Balaban J connectivity index is 2.23. The van der Waals surface area contributed by atoms with Crippen molar-refractivity contribution < 1.29 is 0 Å².